The van der Waals surface area contributed by atoms with Crippen molar-refractivity contribution in [3.05, 3.63) is 60.2 Å². The van der Waals surface area contributed by atoms with Gasteiger partial charge in [-0.25, -0.2) is 9.97 Å². The Hall–Kier alpha value is -2.56. The van der Waals surface area contributed by atoms with E-state index in [-0.39, 0.29) is 0 Å². The van der Waals surface area contributed by atoms with E-state index >= 15 is 0 Å². The van der Waals surface area contributed by atoms with E-state index in [0.717, 1.165) is 28.9 Å². The van der Waals surface area contributed by atoms with Crippen LogP contribution in [0.3, 0.4) is 0 Å². The van der Waals surface area contributed by atoms with Gasteiger partial charge in [0, 0.05) is 18.6 Å². The third-order valence-corrected chi connectivity index (χ3v) is 3.09. The monoisotopic (exact) mass is 268 g/mol. The lowest BCUT2D eigenvalue weighted by atomic mass is 10.3. The number of pyridine rings is 1. The Morgan fingerprint density at radius 3 is 2.75 bits per heavy atom. The lowest BCUT2D eigenvalue weighted by molar-refractivity contribution is 0.490. The highest BCUT2D eigenvalue weighted by molar-refractivity contribution is 5.57. The Bertz CT molecular complexity index is 714. The van der Waals surface area contributed by atoms with Crippen LogP contribution in [-0.4, -0.2) is 14.5 Å². The van der Waals surface area contributed by atoms with Crippen molar-refractivity contribution < 1.29 is 4.42 Å². The van der Waals surface area contributed by atoms with Crippen molar-refractivity contribution in [2.45, 2.75) is 20.4 Å². The minimum absolute atomic E-state index is 0.625. The van der Waals surface area contributed by atoms with E-state index in [1.54, 1.807) is 12.4 Å². The van der Waals surface area contributed by atoms with Gasteiger partial charge in [0.2, 0.25) is 0 Å². The summed E-state index contributed by atoms with van der Waals surface area (Å²) in [5, 5.41) is 3.35. The first-order valence-electron chi connectivity index (χ1n) is 6.48. The van der Waals surface area contributed by atoms with Crippen LogP contribution in [0.5, 0.6) is 0 Å². The maximum absolute atomic E-state index is 5.56. The third-order valence-electron chi connectivity index (χ3n) is 3.09. The highest BCUT2D eigenvalue weighted by Crippen LogP contribution is 2.19. The van der Waals surface area contributed by atoms with Crippen LogP contribution < -0.4 is 5.32 Å². The number of rotatable bonds is 4. The number of aromatic nitrogens is 3. The SMILES string of the molecule is Cc1ccc(CNc2cccnc2-n2ccnc2C)o1. The molecule has 5 nitrogen and oxygen atoms in total. The van der Waals surface area contributed by atoms with Gasteiger partial charge in [0.05, 0.1) is 12.2 Å². The zero-order valence-electron chi connectivity index (χ0n) is 11.5. The zero-order chi connectivity index (χ0) is 13.9. The molecule has 3 heterocycles. The fourth-order valence-corrected chi connectivity index (χ4v) is 2.09. The van der Waals surface area contributed by atoms with Crippen LogP contribution in [0.25, 0.3) is 5.82 Å². The van der Waals surface area contributed by atoms with Crippen LogP contribution in [0.1, 0.15) is 17.3 Å². The number of anilines is 1. The molecule has 0 atom stereocenters. The molecule has 102 valence electrons. The van der Waals surface area contributed by atoms with Crippen LogP contribution in [0.2, 0.25) is 0 Å². The van der Waals surface area contributed by atoms with Gasteiger partial charge in [0.15, 0.2) is 5.82 Å². The fourth-order valence-electron chi connectivity index (χ4n) is 2.09. The molecule has 0 fully saturated rings. The van der Waals surface area contributed by atoms with Crippen molar-refractivity contribution >= 4 is 5.69 Å². The lowest BCUT2D eigenvalue weighted by Gasteiger charge is -2.11. The maximum Gasteiger partial charge on any atom is 0.161 e. The van der Waals surface area contributed by atoms with Gasteiger partial charge in [-0.05, 0) is 38.1 Å². The topological polar surface area (TPSA) is 55.9 Å². The summed E-state index contributed by atoms with van der Waals surface area (Å²) in [6.07, 6.45) is 5.45. The molecule has 0 spiro atoms. The van der Waals surface area contributed by atoms with Gasteiger partial charge in [-0.2, -0.15) is 0 Å². The molecule has 5 heteroatoms. The molecule has 3 rings (SSSR count). The van der Waals surface area contributed by atoms with Gasteiger partial charge < -0.3 is 9.73 Å². The summed E-state index contributed by atoms with van der Waals surface area (Å²) in [5.41, 5.74) is 0.947. The second kappa shape index (κ2) is 5.21. The second-order valence-electron chi connectivity index (χ2n) is 4.58. The van der Waals surface area contributed by atoms with Gasteiger partial charge >= 0.3 is 0 Å². The Morgan fingerprint density at radius 1 is 1.15 bits per heavy atom. The molecular formula is C15H16N4O. The number of furan rings is 1. The second-order valence-corrected chi connectivity index (χ2v) is 4.58. The normalized spacial score (nSPS) is 10.7. The zero-order valence-corrected chi connectivity index (χ0v) is 11.5. The predicted octanol–water partition coefficient (Wildman–Crippen LogP) is 3.09. The molecule has 0 bridgehead atoms. The molecule has 20 heavy (non-hydrogen) atoms. The minimum atomic E-state index is 0.625. The number of aryl methyl sites for hydroxylation is 2. The van der Waals surface area contributed by atoms with Gasteiger partial charge in [-0.1, -0.05) is 0 Å². The molecule has 1 N–H and O–H groups in total. The Labute approximate surface area is 117 Å². The lowest BCUT2D eigenvalue weighted by Crippen LogP contribution is -2.06. The standard InChI is InChI=1S/C15H16N4O/c1-11-5-6-13(20-11)10-18-14-4-3-7-17-15(14)19-9-8-16-12(19)2/h3-9,18H,10H2,1-2H3. The Balaban J connectivity index is 1.85. The highest BCUT2D eigenvalue weighted by atomic mass is 16.3. The van der Waals surface area contributed by atoms with Crippen LogP contribution in [0.4, 0.5) is 5.69 Å². The average molecular weight is 268 g/mol. The summed E-state index contributed by atoms with van der Waals surface area (Å²) in [4.78, 5) is 8.66. The first-order chi connectivity index (χ1) is 9.74. The van der Waals surface area contributed by atoms with Crippen LogP contribution in [0, 0.1) is 13.8 Å². The van der Waals surface area contributed by atoms with Crippen LogP contribution >= 0.6 is 0 Å². The number of nitrogens with one attached hydrogen (secondary N) is 1. The van der Waals surface area contributed by atoms with Crippen molar-refractivity contribution in [1.29, 1.82) is 0 Å². The summed E-state index contributed by atoms with van der Waals surface area (Å²) in [6, 6.07) is 7.84. The van der Waals surface area contributed by atoms with Crippen molar-refractivity contribution in [2.24, 2.45) is 0 Å². The third kappa shape index (κ3) is 2.42. The Kier molecular flexibility index (Phi) is 3.25. The predicted molar refractivity (Wildman–Crippen MR) is 76.9 cm³/mol. The minimum Gasteiger partial charge on any atom is -0.465 e. The first kappa shape index (κ1) is 12.5. The van der Waals surface area contributed by atoms with Gasteiger partial charge in [-0.3, -0.25) is 4.57 Å². The molecule has 0 radical (unpaired) electrons. The van der Waals surface area contributed by atoms with Crippen molar-refractivity contribution in [2.75, 3.05) is 5.32 Å². The summed E-state index contributed by atoms with van der Waals surface area (Å²) < 4.78 is 7.51. The molecule has 0 aliphatic rings. The van der Waals surface area contributed by atoms with Crippen LogP contribution in [-0.2, 0) is 6.54 Å². The molecule has 0 aliphatic carbocycles. The van der Waals surface area contributed by atoms with E-state index in [1.807, 2.05) is 48.9 Å². The molecule has 0 aliphatic heterocycles. The summed E-state index contributed by atoms with van der Waals surface area (Å²) in [5.74, 6) is 3.56. The van der Waals surface area contributed by atoms with Gasteiger partial charge in [0.1, 0.15) is 17.3 Å². The maximum atomic E-state index is 5.56. The number of hydrogen-bond donors (Lipinski definition) is 1. The van der Waals surface area contributed by atoms with E-state index in [2.05, 4.69) is 15.3 Å². The molecular weight excluding hydrogens is 252 g/mol. The summed E-state index contributed by atoms with van der Waals surface area (Å²) >= 11 is 0. The number of hydrogen-bond acceptors (Lipinski definition) is 4. The number of nitrogens with zero attached hydrogens (tertiary/aromatic N) is 3. The van der Waals surface area contributed by atoms with Crippen molar-refractivity contribution in [3.8, 4) is 5.82 Å². The Morgan fingerprint density at radius 2 is 2.05 bits per heavy atom. The summed E-state index contributed by atoms with van der Waals surface area (Å²) in [6.45, 7) is 4.52. The van der Waals surface area contributed by atoms with E-state index in [0.29, 0.717) is 6.54 Å². The highest BCUT2D eigenvalue weighted by Gasteiger charge is 2.08. The summed E-state index contributed by atoms with van der Waals surface area (Å²) in [7, 11) is 0. The number of imidazole rings is 1. The molecule has 0 saturated carbocycles. The average Bonchev–Trinajstić information content (AvgIpc) is 3.05. The molecule has 3 aromatic rings. The van der Waals surface area contributed by atoms with Gasteiger partial charge in [0.25, 0.3) is 0 Å². The van der Waals surface area contributed by atoms with E-state index < -0.39 is 0 Å². The van der Waals surface area contributed by atoms with E-state index in [1.165, 1.54) is 0 Å². The quantitative estimate of drug-likeness (QED) is 0.790. The molecule has 0 amide bonds. The smallest absolute Gasteiger partial charge is 0.161 e. The molecule has 0 saturated heterocycles. The largest absolute Gasteiger partial charge is 0.465 e. The fraction of sp³-hybridized carbons (Fsp3) is 0.200. The van der Waals surface area contributed by atoms with Crippen molar-refractivity contribution in [3.63, 3.8) is 0 Å². The van der Waals surface area contributed by atoms with Crippen molar-refractivity contribution in [1.82, 2.24) is 14.5 Å². The molecule has 0 aromatic carbocycles. The van der Waals surface area contributed by atoms with Gasteiger partial charge in [-0.15, -0.1) is 0 Å². The van der Waals surface area contributed by atoms with E-state index in [9.17, 15) is 0 Å². The van der Waals surface area contributed by atoms with Crippen LogP contribution in [0.15, 0.2) is 47.3 Å². The molecule has 0 unspecified atom stereocenters. The van der Waals surface area contributed by atoms with E-state index in [4.69, 9.17) is 4.42 Å². The molecule has 3 aromatic heterocycles. The first-order valence-corrected chi connectivity index (χ1v) is 6.48.